The number of nitrogens with one attached hydrogen (secondary N) is 1. The quantitative estimate of drug-likeness (QED) is 0.764. The van der Waals surface area contributed by atoms with Crippen molar-refractivity contribution in [2.75, 3.05) is 23.3 Å². The molecule has 0 spiro atoms. The van der Waals surface area contributed by atoms with Crippen molar-refractivity contribution in [2.24, 2.45) is 0 Å². The van der Waals surface area contributed by atoms with Gasteiger partial charge in [0.25, 0.3) is 5.91 Å². The van der Waals surface area contributed by atoms with Crippen LogP contribution in [0, 0.1) is 5.82 Å². The summed E-state index contributed by atoms with van der Waals surface area (Å²) in [5.74, 6) is -1.75. The Bertz CT molecular complexity index is 758. The summed E-state index contributed by atoms with van der Waals surface area (Å²) in [6, 6.07) is 12.8. The summed E-state index contributed by atoms with van der Waals surface area (Å²) in [6.07, 6.45) is -1.05. The highest BCUT2D eigenvalue weighted by molar-refractivity contribution is 5.97. The molecule has 0 aromatic heterocycles. The number of esters is 1. The Labute approximate surface area is 152 Å². The molecule has 0 saturated heterocycles. The van der Waals surface area contributed by atoms with Gasteiger partial charge in [-0.2, -0.15) is 0 Å². The number of ether oxygens (including phenoxy) is 1. The van der Waals surface area contributed by atoms with Gasteiger partial charge in [-0.25, -0.2) is 9.18 Å². The number of anilines is 2. The standard InChI is InChI=1S/C20H23FN2O3/c1-4-23(5-2)16-12-10-15(11-13-16)20(25)26-14(3)19(24)22-18-9-7-6-8-17(18)21/h6-14H,4-5H2,1-3H3,(H,22,24). The van der Waals surface area contributed by atoms with E-state index in [0.29, 0.717) is 5.56 Å². The van der Waals surface area contributed by atoms with Crippen LogP contribution in [-0.4, -0.2) is 31.1 Å². The van der Waals surface area contributed by atoms with Crippen LogP contribution in [0.3, 0.4) is 0 Å². The van der Waals surface area contributed by atoms with Gasteiger partial charge in [-0.15, -0.1) is 0 Å². The number of hydrogen-bond acceptors (Lipinski definition) is 4. The summed E-state index contributed by atoms with van der Waals surface area (Å²) in [5.41, 5.74) is 1.41. The normalized spacial score (nSPS) is 11.5. The maximum Gasteiger partial charge on any atom is 0.338 e. The number of rotatable bonds is 7. The molecule has 1 atom stereocenters. The van der Waals surface area contributed by atoms with Gasteiger partial charge in [-0.3, -0.25) is 4.79 Å². The van der Waals surface area contributed by atoms with Crippen molar-refractivity contribution in [1.82, 2.24) is 0 Å². The topological polar surface area (TPSA) is 58.6 Å². The van der Waals surface area contributed by atoms with Crippen LogP contribution in [0.25, 0.3) is 0 Å². The number of halogens is 1. The Balaban J connectivity index is 1.98. The Morgan fingerprint density at radius 1 is 1.08 bits per heavy atom. The number of benzene rings is 2. The first-order valence-corrected chi connectivity index (χ1v) is 8.57. The van der Waals surface area contributed by atoms with E-state index in [1.165, 1.54) is 25.1 Å². The molecule has 6 heteroatoms. The molecule has 0 saturated carbocycles. The van der Waals surface area contributed by atoms with Gasteiger partial charge in [0.15, 0.2) is 6.10 Å². The molecule has 2 aromatic carbocycles. The van der Waals surface area contributed by atoms with Crippen LogP contribution in [0.2, 0.25) is 0 Å². The number of hydrogen-bond donors (Lipinski definition) is 1. The number of nitrogens with zero attached hydrogens (tertiary/aromatic N) is 1. The van der Waals surface area contributed by atoms with Gasteiger partial charge in [0.2, 0.25) is 0 Å². The van der Waals surface area contributed by atoms with E-state index in [4.69, 9.17) is 4.74 Å². The van der Waals surface area contributed by atoms with Gasteiger partial charge >= 0.3 is 5.97 Å². The third-order valence-corrected chi connectivity index (χ3v) is 4.02. The lowest BCUT2D eigenvalue weighted by molar-refractivity contribution is -0.123. The Kier molecular flexibility index (Phi) is 6.72. The van der Waals surface area contributed by atoms with E-state index >= 15 is 0 Å². The monoisotopic (exact) mass is 358 g/mol. The highest BCUT2D eigenvalue weighted by Gasteiger charge is 2.20. The third-order valence-electron chi connectivity index (χ3n) is 4.02. The minimum absolute atomic E-state index is 0.0453. The average Bonchev–Trinajstić information content (AvgIpc) is 2.65. The molecule has 138 valence electrons. The zero-order valence-corrected chi connectivity index (χ0v) is 15.2. The second kappa shape index (κ2) is 8.99. The molecule has 2 aromatic rings. The third kappa shape index (κ3) is 4.81. The predicted octanol–water partition coefficient (Wildman–Crippen LogP) is 3.86. The van der Waals surface area contributed by atoms with Crippen LogP contribution < -0.4 is 10.2 Å². The molecule has 0 radical (unpaired) electrons. The number of carbonyl (C=O) groups excluding carboxylic acids is 2. The van der Waals surface area contributed by atoms with Crippen molar-refractivity contribution in [3.63, 3.8) is 0 Å². The molecule has 0 heterocycles. The van der Waals surface area contributed by atoms with Gasteiger partial charge in [0, 0.05) is 18.8 Å². The van der Waals surface area contributed by atoms with E-state index in [1.54, 1.807) is 18.2 Å². The van der Waals surface area contributed by atoms with E-state index in [-0.39, 0.29) is 5.69 Å². The Morgan fingerprint density at radius 3 is 2.27 bits per heavy atom. The maximum atomic E-state index is 13.6. The van der Waals surface area contributed by atoms with Gasteiger partial charge in [0.1, 0.15) is 5.82 Å². The summed E-state index contributed by atoms with van der Waals surface area (Å²) in [6.45, 7) is 7.29. The van der Waals surface area contributed by atoms with Crippen LogP contribution in [-0.2, 0) is 9.53 Å². The zero-order valence-electron chi connectivity index (χ0n) is 15.2. The molecule has 1 unspecified atom stereocenters. The fourth-order valence-electron chi connectivity index (χ4n) is 2.48. The number of para-hydroxylation sites is 1. The molecule has 0 aliphatic heterocycles. The first-order valence-electron chi connectivity index (χ1n) is 8.57. The smallest absolute Gasteiger partial charge is 0.338 e. The Hall–Kier alpha value is -2.89. The van der Waals surface area contributed by atoms with E-state index in [2.05, 4.69) is 24.1 Å². The highest BCUT2D eigenvalue weighted by atomic mass is 19.1. The van der Waals surface area contributed by atoms with Crippen molar-refractivity contribution in [2.45, 2.75) is 26.9 Å². The van der Waals surface area contributed by atoms with Gasteiger partial charge in [0.05, 0.1) is 11.3 Å². The number of carbonyl (C=O) groups is 2. The van der Waals surface area contributed by atoms with Gasteiger partial charge in [-0.05, 0) is 57.2 Å². The van der Waals surface area contributed by atoms with Crippen LogP contribution in [0.1, 0.15) is 31.1 Å². The van der Waals surface area contributed by atoms with E-state index < -0.39 is 23.8 Å². The Morgan fingerprint density at radius 2 is 1.69 bits per heavy atom. The summed E-state index contributed by atoms with van der Waals surface area (Å²) in [7, 11) is 0. The molecule has 5 nitrogen and oxygen atoms in total. The molecule has 26 heavy (non-hydrogen) atoms. The predicted molar refractivity (Wildman–Crippen MR) is 99.9 cm³/mol. The zero-order chi connectivity index (χ0) is 19.1. The van der Waals surface area contributed by atoms with E-state index in [0.717, 1.165) is 18.8 Å². The van der Waals surface area contributed by atoms with Crippen LogP contribution in [0.5, 0.6) is 0 Å². The van der Waals surface area contributed by atoms with Crippen molar-refractivity contribution in [3.8, 4) is 0 Å². The second-order valence-corrected chi connectivity index (χ2v) is 5.74. The summed E-state index contributed by atoms with van der Waals surface area (Å²) < 4.78 is 18.8. The summed E-state index contributed by atoms with van der Waals surface area (Å²) in [4.78, 5) is 26.5. The van der Waals surface area contributed by atoms with E-state index in [9.17, 15) is 14.0 Å². The molecule has 0 aliphatic carbocycles. The molecule has 0 aliphatic rings. The number of amides is 1. The fourth-order valence-corrected chi connectivity index (χ4v) is 2.48. The average molecular weight is 358 g/mol. The second-order valence-electron chi connectivity index (χ2n) is 5.74. The molecular formula is C20H23FN2O3. The fraction of sp³-hybridized carbons (Fsp3) is 0.300. The molecule has 0 bridgehead atoms. The van der Waals surface area contributed by atoms with Crippen molar-refractivity contribution in [3.05, 3.63) is 59.9 Å². The van der Waals surface area contributed by atoms with E-state index in [1.807, 2.05) is 12.1 Å². The molecule has 1 amide bonds. The van der Waals surface area contributed by atoms with Crippen molar-refractivity contribution >= 4 is 23.3 Å². The minimum Gasteiger partial charge on any atom is -0.449 e. The molecule has 1 N–H and O–H groups in total. The summed E-state index contributed by atoms with van der Waals surface area (Å²) >= 11 is 0. The molecule has 2 rings (SSSR count). The first kappa shape index (κ1) is 19.4. The van der Waals surface area contributed by atoms with Gasteiger partial charge < -0.3 is 15.0 Å². The lowest BCUT2D eigenvalue weighted by Gasteiger charge is -2.21. The first-order chi connectivity index (χ1) is 12.5. The molecular weight excluding hydrogens is 335 g/mol. The van der Waals surface area contributed by atoms with Crippen LogP contribution in [0.4, 0.5) is 15.8 Å². The van der Waals surface area contributed by atoms with Crippen LogP contribution >= 0.6 is 0 Å². The van der Waals surface area contributed by atoms with Crippen molar-refractivity contribution in [1.29, 1.82) is 0 Å². The highest BCUT2D eigenvalue weighted by Crippen LogP contribution is 2.17. The lowest BCUT2D eigenvalue weighted by Crippen LogP contribution is -2.30. The van der Waals surface area contributed by atoms with Crippen molar-refractivity contribution < 1.29 is 18.7 Å². The lowest BCUT2D eigenvalue weighted by atomic mass is 10.2. The maximum absolute atomic E-state index is 13.6. The van der Waals surface area contributed by atoms with Gasteiger partial charge in [-0.1, -0.05) is 12.1 Å². The minimum atomic E-state index is -1.05. The largest absolute Gasteiger partial charge is 0.449 e. The molecule has 0 fully saturated rings. The SMILES string of the molecule is CCN(CC)c1ccc(C(=O)OC(C)C(=O)Nc2ccccc2F)cc1. The van der Waals surface area contributed by atoms with Crippen LogP contribution in [0.15, 0.2) is 48.5 Å². The summed E-state index contributed by atoms with van der Waals surface area (Å²) in [5, 5.41) is 2.41.